The highest BCUT2D eigenvalue weighted by molar-refractivity contribution is 9.11. The molecule has 2 aromatic rings. The Morgan fingerprint density at radius 2 is 1.86 bits per heavy atom. The van der Waals surface area contributed by atoms with Crippen LogP contribution in [0.4, 0.5) is 5.69 Å². The van der Waals surface area contributed by atoms with Gasteiger partial charge in [-0.1, -0.05) is 21.1 Å². The SMILES string of the molecule is O=C(O)Cn1cc(C(=O)Nc2c(Br)cc(Br)cc2Br)nn1. The van der Waals surface area contributed by atoms with Crippen molar-refractivity contribution in [2.75, 3.05) is 5.32 Å². The van der Waals surface area contributed by atoms with Crippen LogP contribution in [-0.2, 0) is 11.3 Å². The third-order valence-corrected chi connectivity index (χ3v) is 4.02. The van der Waals surface area contributed by atoms with Gasteiger partial charge in [-0.2, -0.15) is 0 Å². The Labute approximate surface area is 144 Å². The summed E-state index contributed by atoms with van der Waals surface area (Å²) in [6, 6.07) is 3.56. The van der Waals surface area contributed by atoms with Crippen molar-refractivity contribution in [3.63, 3.8) is 0 Å². The number of carboxylic acids is 1. The average molecular weight is 483 g/mol. The number of benzene rings is 1. The number of nitrogens with zero attached hydrogens (tertiary/aromatic N) is 3. The zero-order valence-corrected chi connectivity index (χ0v) is 14.9. The van der Waals surface area contributed by atoms with Gasteiger partial charge in [0, 0.05) is 13.4 Å². The number of amides is 1. The Bertz CT molecular complexity index is 693. The molecule has 0 atom stereocenters. The number of carboxylic acid groups (broad SMARTS) is 1. The molecule has 10 heteroatoms. The number of aromatic nitrogens is 3. The lowest BCUT2D eigenvalue weighted by atomic mass is 10.3. The topological polar surface area (TPSA) is 97.1 Å². The molecule has 0 unspecified atom stereocenters. The van der Waals surface area contributed by atoms with E-state index >= 15 is 0 Å². The molecular formula is C11H7Br3N4O3. The van der Waals surface area contributed by atoms with Crippen LogP contribution in [-0.4, -0.2) is 32.0 Å². The summed E-state index contributed by atoms with van der Waals surface area (Å²) in [6.07, 6.45) is 1.27. The normalized spacial score (nSPS) is 10.4. The fourth-order valence-corrected chi connectivity index (χ4v) is 3.91. The maximum absolute atomic E-state index is 12.1. The second-order valence-corrected chi connectivity index (χ2v) is 6.52. The summed E-state index contributed by atoms with van der Waals surface area (Å²) in [7, 11) is 0. The summed E-state index contributed by atoms with van der Waals surface area (Å²) in [5, 5.41) is 18.5. The maximum Gasteiger partial charge on any atom is 0.325 e. The second kappa shape index (κ2) is 6.67. The molecule has 110 valence electrons. The molecule has 0 saturated heterocycles. The van der Waals surface area contributed by atoms with Crippen LogP contribution < -0.4 is 5.32 Å². The molecule has 1 heterocycles. The van der Waals surface area contributed by atoms with E-state index in [1.54, 1.807) is 12.1 Å². The Morgan fingerprint density at radius 3 is 2.43 bits per heavy atom. The summed E-state index contributed by atoms with van der Waals surface area (Å²) in [5.74, 6) is -1.55. The number of halogens is 3. The number of rotatable bonds is 4. The van der Waals surface area contributed by atoms with E-state index in [4.69, 9.17) is 5.11 Å². The van der Waals surface area contributed by atoms with Gasteiger partial charge in [-0.15, -0.1) is 5.10 Å². The summed E-state index contributed by atoms with van der Waals surface area (Å²) in [6.45, 7) is -0.355. The summed E-state index contributed by atoms with van der Waals surface area (Å²) in [4.78, 5) is 22.6. The molecule has 2 N–H and O–H groups in total. The van der Waals surface area contributed by atoms with Crippen LogP contribution in [0.25, 0.3) is 0 Å². The van der Waals surface area contributed by atoms with Gasteiger partial charge in [0.1, 0.15) is 6.54 Å². The molecular weight excluding hydrogens is 476 g/mol. The van der Waals surface area contributed by atoms with Gasteiger partial charge in [-0.05, 0) is 44.0 Å². The van der Waals surface area contributed by atoms with Crippen LogP contribution in [0, 0.1) is 0 Å². The van der Waals surface area contributed by atoms with Gasteiger partial charge in [-0.3, -0.25) is 9.59 Å². The van der Waals surface area contributed by atoms with E-state index in [2.05, 4.69) is 63.4 Å². The van der Waals surface area contributed by atoms with Crippen molar-refractivity contribution >= 4 is 65.4 Å². The highest BCUT2D eigenvalue weighted by Gasteiger charge is 2.15. The van der Waals surface area contributed by atoms with Crippen molar-refractivity contribution in [2.45, 2.75) is 6.54 Å². The fourth-order valence-electron chi connectivity index (χ4n) is 1.46. The van der Waals surface area contributed by atoms with Crippen molar-refractivity contribution in [1.82, 2.24) is 15.0 Å². The zero-order valence-electron chi connectivity index (χ0n) is 10.2. The average Bonchev–Trinajstić information content (AvgIpc) is 2.81. The van der Waals surface area contributed by atoms with Gasteiger partial charge < -0.3 is 10.4 Å². The summed E-state index contributed by atoms with van der Waals surface area (Å²) < 4.78 is 3.26. The fraction of sp³-hybridized carbons (Fsp3) is 0.0909. The van der Waals surface area contributed by atoms with Crippen LogP contribution >= 0.6 is 47.8 Å². The minimum absolute atomic E-state index is 0.0259. The summed E-state index contributed by atoms with van der Waals surface area (Å²) in [5.41, 5.74) is 0.564. The van der Waals surface area contributed by atoms with E-state index in [9.17, 15) is 9.59 Å². The number of carbonyl (C=O) groups is 2. The number of hydrogen-bond donors (Lipinski definition) is 2. The van der Waals surface area contributed by atoms with Crippen LogP contribution in [0.2, 0.25) is 0 Å². The molecule has 1 amide bonds. The molecule has 0 spiro atoms. The molecule has 0 fully saturated rings. The molecule has 0 aliphatic rings. The minimum atomic E-state index is -1.06. The summed E-state index contributed by atoms with van der Waals surface area (Å²) >= 11 is 10.0. The van der Waals surface area contributed by atoms with E-state index < -0.39 is 11.9 Å². The van der Waals surface area contributed by atoms with Crippen molar-refractivity contribution in [2.24, 2.45) is 0 Å². The van der Waals surface area contributed by atoms with Crippen molar-refractivity contribution in [3.8, 4) is 0 Å². The van der Waals surface area contributed by atoms with E-state index in [1.807, 2.05) is 0 Å². The lowest BCUT2D eigenvalue weighted by Crippen LogP contribution is -2.13. The molecule has 7 nitrogen and oxygen atoms in total. The second-order valence-electron chi connectivity index (χ2n) is 3.89. The Hall–Kier alpha value is -1.26. The molecule has 2 rings (SSSR count). The highest BCUT2D eigenvalue weighted by Crippen LogP contribution is 2.34. The smallest absolute Gasteiger partial charge is 0.325 e. The first-order valence-corrected chi connectivity index (χ1v) is 7.82. The monoisotopic (exact) mass is 480 g/mol. The molecule has 0 bridgehead atoms. The number of anilines is 1. The van der Waals surface area contributed by atoms with Crippen molar-refractivity contribution in [3.05, 3.63) is 37.4 Å². The van der Waals surface area contributed by atoms with Gasteiger partial charge in [-0.25, -0.2) is 4.68 Å². The number of aliphatic carboxylic acids is 1. The Balaban J connectivity index is 2.18. The first-order chi connectivity index (χ1) is 9.86. The van der Waals surface area contributed by atoms with Crippen molar-refractivity contribution < 1.29 is 14.7 Å². The minimum Gasteiger partial charge on any atom is -0.480 e. The third kappa shape index (κ3) is 4.11. The van der Waals surface area contributed by atoms with Crippen LogP contribution in [0.5, 0.6) is 0 Å². The maximum atomic E-state index is 12.1. The first-order valence-electron chi connectivity index (χ1n) is 5.44. The third-order valence-electron chi connectivity index (χ3n) is 2.31. The first kappa shape index (κ1) is 16.1. The standard InChI is InChI=1S/C11H7Br3N4O3/c12-5-1-6(13)10(7(14)2-5)15-11(21)8-3-18(17-16-8)4-9(19)20/h1-3H,4H2,(H,15,21)(H,19,20). The van der Waals surface area contributed by atoms with E-state index in [0.717, 1.165) is 9.15 Å². The van der Waals surface area contributed by atoms with Crippen molar-refractivity contribution in [1.29, 1.82) is 0 Å². The molecule has 0 saturated carbocycles. The molecule has 1 aromatic carbocycles. The van der Waals surface area contributed by atoms with Gasteiger partial charge in [0.25, 0.3) is 5.91 Å². The van der Waals surface area contributed by atoms with Gasteiger partial charge in [0.15, 0.2) is 5.69 Å². The largest absolute Gasteiger partial charge is 0.480 e. The number of nitrogens with one attached hydrogen (secondary N) is 1. The van der Waals surface area contributed by atoms with Crippen LogP contribution in [0.1, 0.15) is 10.5 Å². The van der Waals surface area contributed by atoms with Crippen LogP contribution in [0.3, 0.4) is 0 Å². The number of carbonyl (C=O) groups excluding carboxylic acids is 1. The zero-order chi connectivity index (χ0) is 15.6. The van der Waals surface area contributed by atoms with E-state index in [-0.39, 0.29) is 12.2 Å². The Morgan fingerprint density at radius 1 is 1.24 bits per heavy atom. The molecule has 1 aromatic heterocycles. The molecule has 0 radical (unpaired) electrons. The predicted octanol–water partition coefficient (Wildman–Crippen LogP) is 2.90. The van der Waals surface area contributed by atoms with Gasteiger partial charge >= 0.3 is 5.97 Å². The molecule has 0 aliphatic heterocycles. The van der Waals surface area contributed by atoms with Gasteiger partial charge in [0.05, 0.1) is 11.9 Å². The molecule has 0 aliphatic carbocycles. The van der Waals surface area contributed by atoms with E-state index in [0.29, 0.717) is 14.6 Å². The van der Waals surface area contributed by atoms with Crippen LogP contribution in [0.15, 0.2) is 31.7 Å². The number of hydrogen-bond acceptors (Lipinski definition) is 4. The highest BCUT2D eigenvalue weighted by atomic mass is 79.9. The lowest BCUT2D eigenvalue weighted by molar-refractivity contribution is -0.137. The lowest BCUT2D eigenvalue weighted by Gasteiger charge is -2.08. The predicted molar refractivity (Wildman–Crippen MR) is 85.2 cm³/mol. The van der Waals surface area contributed by atoms with Gasteiger partial charge in [0.2, 0.25) is 0 Å². The quantitative estimate of drug-likeness (QED) is 0.698. The van der Waals surface area contributed by atoms with E-state index in [1.165, 1.54) is 6.20 Å². The Kier molecular flexibility index (Phi) is 5.12. The molecule has 21 heavy (non-hydrogen) atoms.